The van der Waals surface area contributed by atoms with Crippen molar-refractivity contribution in [3.63, 3.8) is 0 Å². The monoisotopic (exact) mass is 405 g/mol. The Hall–Kier alpha value is -3.93. The van der Waals surface area contributed by atoms with Crippen LogP contribution in [0.5, 0.6) is 0 Å². The standard InChI is InChI=1S/C20H19N5O3.C2H4/c1-12(21)18(20(27)25-28)23-19(26)15-7-4-13(5-8-15)2-3-14-6-9-17-16(10-14)11-22-24-17;1-2/h4-12,18,28H,21H2,1H3,(H,22,24)(H,23,26)(H,25,27);1-2H2. The van der Waals surface area contributed by atoms with E-state index >= 15 is 0 Å². The molecule has 2 aromatic carbocycles. The zero-order valence-corrected chi connectivity index (χ0v) is 16.5. The second kappa shape index (κ2) is 10.6. The van der Waals surface area contributed by atoms with Crippen LogP contribution in [0.15, 0.2) is 61.8 Å². The first-order chi connectivity index (χ1) is 14.5. The van der Waals surface area contributed by atoms with Gasteiger partial charge in [-0.25, -0.2) is 5.48 Å². The summed E-state index contributed by atoms with van der Waals surface area (Å²) in [7, 11) is 0. The highest BCUT2D eigenvalue weighted by molar-refractivity contribution is 5.97. The van der Waals surface area contributed by atoms with Crippen molar-refractivity contribution in [2.45, 2.75) is 19.0 Å². The molecule has 2 amide bonds. The van der Waals surface area contributed by atoms with Gasteiger partial charge in [-0.05, 0) is 49.4 Å². The zero-order chi connectivity index (χ0) is 22.1. The minimum absolute atomic E-state index is 0.349. The minimum Gasteiger partial charge on any atom is -0.339 e. The van der Waals surface area contributed by atoms with Crippen LogP contribution in [0, 0.1) is 11.8 Å². The molecule has 0 aliphatic carbocycles. The van der Waals surface area contributed by atoms with E-state index in [2.05, 4.69) is 40.5 Å². The number of nitrogens with two attached hydrogens (primary N) is 1. The molecule has 0 fully saturated rings. The maximum atomic E-state index is 12.3. The molecule has 3 rings (SSSR count). The van der Waals surface area contributed by atoms with Crippen molar-refractivity contribution in [1.82, 2.24) is 21.0 Å². The number of nitrogens with zero attached hydrogens (tertiary/aromatic N) is 1. The molecular formula is C22H23N5O3. The van der Waals surface area contributed by atoms with Crippen LogP contribution in [0.1, 0.15) is 28.4 Å². The molecule has 2 unspecified atom stereocenters. The minimum atomic E-state index is -1.05. The van der Waals surface area contributed by atoms with Crippen LogP contribution in [0.2, 0.25) is 0 Å². The van der Waals surface area contributed by atoms with E-state index < -0.39 is 23.9 Å². The molecule has 3 aromatic rings. The molecule has 0 bridgehead atoms. The number of H-pyrrole nitrogens is 1. The predicted octanol–water partition coefficient (Wildman–Crippen LogP) is 1.72. The first-order valence-electron chi connectivity index (χ1n) is 9.03. The van der Waals surface area contributed by atoms with Crippen molar-refractivity contribution in [3.05, 3.63) is 78.5 Å². The fourth-order valence-corrected chi connectivity index (χ4v) is 2.60. The number of hydrogen-bond donors (Lipinski definition) is 5. The summed E-state index contributed by atoms with van der Waals surface area (Å²) in [6.07, 6.45) is 1.74. The molecule has 0 aliphatic heterocycles. The summed E-state index contributed by atoms with van der Waals surface area (Å²) in [5.74, 6) is 4.86. The molecule has 2 atom stereocenters. The Bertz CT molecular complexity index is 1080. The Morgan fingerprint density at radius 1 is 1.13 bits per heavy atom. The fourth-order valence-electron chi connectivity index (χ4n) is 2.60. The van der Waals surface area contributed by atoms with Crippen LogP contribution >= 0.6 is 0 Å². The third-order valence-electron chi connectivity index (χ3n) is 4.14. The number of benzene rings is 2. The van der Waals surface area contributed by atoms with Crippen LogP contribution in [-0.2, 0) is 4.79 Å². The van der Waals surface area contributed by atoms with Gasteiger partial charge < -0.3 is 11.1 Å². The Kier molecular flexibility index (Phi) is 7.88. The average molecular weight is 405 g/mol. The number of carbonyl (C=O) groups is 2. The van der Waals surface area contributed by atoms with Crippen LogP contribution in [0.4, 0.5) is 0 Å². The molecule has 8 nitrogen and oxygen atoms in total. The third kappa shape index (κ3) is 5.54. The third-order valence-corrected chi connectivity index (χ3v) is 4.14. The fraction of sp³-hybridized carbons (Fsp3) is 0.136. The van der Waals surface area contributed by atoms with Gasteiger partial charge in [0, 0.05) is 28.1 Å². The molecule has 0 aliphatic rings. The van der Waals surface area contributed by atoms with E-state index in [1.54, 1.807) is 37.4 Å². The number of hydroxylamine groups is 1. The number of rotatable bonds is 4. The van der Waals surface area contributed by atoms with E-state index in [0.717, 1.165) is 22.0 Å². The van der Waals surface area contributed by atoms with Crippen LogP contribution in [0.3, 0.4) is 0 Å². The zero-order valence-electron chi connectivity index (χ0n) is 16.5. The van der Waals surface area contributed by atoms with Crippen LogP contribution in [-0.4, -0.2) is 39.3 Å². The summed E-state index contributed by atoms with van der Waals surface area (Å²) in [6.45, 7) is 7.56. The maximum absolute atomic E-state index is 12.3. The highest BCUT2D eigenvalue weighted by atomic mass is 16.5. The predicted molar refractivity (Wildman–Crippen MR) is 115 cm³/mol. The van der Waals surface area contributed by atoms with Gasteiger partial charge >= 0.3 is 0 Å². The number of aromatic amines is 1. The van der Waals surface area contributed by atoms with Crippen molar-refractivity contribution >= 4 is 22.7 Å². The highest BCUT2D eigenvalue weighted by Gasteiger charge is 2.24. The number of carbonyl (C=O) groups excluding carboxylic acids is 2. The molecule has 30 heavy (non-hydrogen) atoms. The molecule has 0 saturated heterocycles. The number of fused-ring (bicyclic) bond motifs is 1. The van der Waals surface area contributed by atoms with E-state index in [0.29, 0.717) is 5.56 Å². The Balaban J connectivity index is 0.00000155. The Labute approximate surface area is 174 Å². The lowest BCUT2D eigenvalue weighted by atomic mass is 10.1. The SMILES string of the molecule is C=C.CC(N)C(NC(=O)c1ccc(C#Cc2ccc3[nH]ncc3c2)cc1)C(=O)NO. The quantitative estimate of drug-likeness (QED) is 0.195. The number of hydrogen-bond acceptors (Lipinski definition) is 5. The van der Waals surface area contributed by atoms with Gasteiger partial charge in [0.25, 0.3) is 11.8 Å². The summed E-state index contributed by atoms with van der Waals surface area (Å²) < 4.78 is 0. The summed E-state index contributed by atoms with van der Waals surface area (Å²) >= 11 is 0. The van der Waals surface area contributed by atoms with Gasteiger partial charge in [0.1, 0.15) is 6.04 Å². The lowest BCUT2D eigenvalue weighted by molar-refractivity contribution is -0.131. The Morgan fingerprint density at radius 3 is 2.40 bits per heavy atom. The van der Waals surface area contributed by atoms with Gasteiger partial charge in [-0.1, -0.05) is 11.8 Å². The van der Waals surface area contributed by atoms with Gasteiger partial charge in [0.15, 0.2) is 0 Å². The second-order valence-corrected chi connectivity index (χ2v) is 6.29. The normalized spacial score (nSPS) is 11.8. The first-order valence-corrected chi connectivity index (χ1v) is 9.03. The number of nitrogens with one attached hydrogen (secondary N) is 3. The Morgan fingerprint density at radius 2 is 1.77 bits per heavy atom. The van der Waals surface area contributed by atoms with Crippen LogP contribution in [0.25, 0.3) is 10.9 Å². The highest BCUT2D eigenvalue weighted by Crippen LogP contribution is 2.12. The lowest BCUT2D eigenvalue weighted by Gasteiger charge is -2.20. The van der Waals surface area contributed by atoms with Crippen molar-refractivity contribution in [3.8, 4) is 11.8 Å². The summed E-state index contributed by atoms with van der Waals surface area (Å²) in [6, 6.07) is 10.7. The van der Waals surface area contributed by atoms with E-state index in [1.807, 2.05) is 18.2 Å². The first kappa shape index (κ1) is 22.4. The second-order valence-electron chi connectivity index (χ2n) is 6.29. The van der Waals surface area contributed by atoms with E-state index in [1.165, 1.54) is 5.48 Å². The molecule has 6 N–H and O–H groups in total. The van der Waals surface area contributed by atoms with Crippen molar-refractivity contribution in [2.75, 3.05) is 0 Å². The van der Waals surface area contributed by atoms with Crippen molar-refractivity contribution in [1.29, 1.82) is 0 Å². The van der Waals surface area contributed by atoms with Crippen molar-refractivity contribution in [2.24, 2.45) is 5.73 Å². The smallest absolute Gasteiger partial charge is 0.267 e. The molecule has 0 spiro atoms. The van der Waals surface area contributed by atoms with Gasteiger partial charge in [-0.3, -0.25) is 19.9 Å². The largest absolute Gasteiger partial charge is 0.339 e. The summed E-state index contributed by atoms with van der Waals surface area (Å²) in [4.78, 5) is 23.9. The number of amides is 2. The summed E-state index contributed by atoms with van der Waals surface area (Å²) in [5.41, 5.74) is 10.1. The molecule has 8 heteroatoms. The molecule has 0 radical (unpaired) electrons. The topological polar surface area (TPSA) is 133 Å². The van der Waals surface area contributed by atoms with E-state index in [-0.39, 0.29) is 0 Å². The van der Waals surface area contributed by atoms with E-state index in [9.17, 15) is 9.59 Å². The lowest BCUT2D eigenvalue weighted by Crippen LogP contribution is -2.54. The van der Waals surface area contributed by atoms with Gasteiger partial charge in [0.2, 0.25) is 0 Å². The maximum Gasteiger partial charge on any atom is 0.267 e. The van der Waals surface area contributed by atoms with Crippen molar-refractivity contribution < 1.29 is 14.8 Å². The molecule has 1 aromatic heterocycles. The van der Waals surface area contributed by atoms with Gasteiger partial charge in [-0.15, -0.1) is 13.2 Å². The summed E-state index contributed by atoms with van der Waals surface area (Å²) in [5, 5.41) is 19.1. The van der Waals surface area contributed by atoms with Crippen LogP contribution < -0.4 is 16.5 Å². The van der Waals surface area contributed by atoms with Gasteiger partial charge in [-0.2, -0.15) is 5.10 Å². The molecule has 1 heterocycles. The molecular weight excluding hydrogens is 382 g/mol. The average Bonchev–Trinajstić information content (AvgIpc) is 3.24. The molecule has 154 valence electrons. The van der Waals surface area contributed by atoms with Gasteiger partial charge in [0.05, 0.1) is 11.7 Å². The van der Waals surface area contributed by atoms with E-state index in [4.69, 9.17) is 10.9 Å². The molecule has 0 saturated carbocycles. The number of aromatic nitrogens is 2.